The molecule has 0 bridgehead atoms. The number of rotatable bonds is 0. The summed E-state index contributed by atoms with van der Waals surface area (Å²) in [6.07, 6.45) is 0. The summed E-state index contributed by atoms with van der Waals surface area (Å²) < 4.78 is 0. The van der Waals surface area contributed by atoms with Gasteiger partial charge in [0.1, 0.15) is 0 Å². The van der Waals surface area contributed by atoms with Crippen molar-refractivity contribution in [3.63, 3.8) is 0 Å². The molecule has 0 aromatic rings. The van der Waals surface area contributed by atoms with Gasteiger partial charge in [-0.05, 0) is 0 Å². The van der Waals surface area contributed by atoms with E-state index in [0.29, 0.717) is 0 Å². The molecule has 0 rings (SSSR count). The van der Waals surface area contributed by atoms with Crippen molar-refractivity contribution in [2.45, 2.75) is 0 Å². The van der Waals surface area contributed by atoms with Crippen LogP contribution in [0.2, 0.25) is 0 Å². The molecule has 0 amide bonds. The molecule has 0 unspecified atom stereocenters. The van der Waals surface area contributed by atoms with E-state index in [4.69, 9.17) is 0 Å². The molecular weight excluding hydrogens is 274 g/mol. The Bertz CT molecular complexity index is 7.51. The second-order valence-corrected chi connectivity index (χ2v) is 0. The fourth-order valence-corrected chi connectivity index (χ4v) is 0. The molecule has 6 heavy (non-hydrogen) atoms. The Kier molecular flexibility index (Phi) is 1080. The zero-order valence-corrected chi connectivity index (χ0v) is 6.43. The Hall–Kier alpha value is 1.95. The Morgan fingerprint density at radius 1 is 0.500 bits per heavy atom. The van der Waals surface area contributed by atoms with Crippen LogP contribution in [0.5, 0.6) is 0 Å². The Balaban J connectivity index is 0. The quantitative estimate of drug-likeness (QED) is 0.304. The van der Waals surface area contributed by atoms with Crippen molar-refractivity contribution < 1.29 is 85.2 Å². The van der Waals surface area contributed by atoms with Crippen LogP contribution in [0.4, 0.5) is 0 Å². The van der Waals surface area contributed by atoms with Gasteiger partial charge in [0, 0.05) is 0 Å². The maximum Gasteiger partial charge on any atom is 3.00 e. The largest absolute Gasteiger partial charge is 3.00 e. The third kappa shape index (κ3) is 38.3. The molecule has 0 saturated heterocycles. The average molecular weight is 274 g/mol. The van der Waals surface area contributed by atoms with Crippen LogP contribution in [0.1, 0.15) is 0 Å². The van der Waals surface area contributed by atoms with Crippen LogP contribution >= 0.6 is 0 Å². The SMILES string of the molecule is [F-].[F-].[F-].[F-].[Lu+3].[Na+]. The standard InChI is InChI=1S/4FH.Lu.Na/h4*1H;;/q;;;;+3;+1/p-4. The fraction of sp³-hybridized carbons (Fsp3) is 0. The third-order valence-electron chi connectivity index (χ3n) is 0. The number of hydrogen-bond acceptors (Lipinski definition) is 0. The van der Waals surface area contributed by atoms with Crippen LogP contribution in [0.25, 0.3) is 0 Å². The van der Waals surface area contributed by atoms with Crippen molar-refractivity contribution in [3.8, 4) is 0 Å². The van der Waals surface area contributed by atoms with Crippen LogP contribution < -0.4 is 48.4 Å². The first kappa shape index (κ1) is 101. The molecule has 0 aliphatic heterocycles. The van der Waals surface area contributed by atoms with Gasteiger partial charge >= 0.3 is 66.4 Å². The van der Waals surface area contributed by atoms with Gasteiger partial charge in [-0.25, -0.2) is 0 Å². The monoisotopic (exact) mass is 274 g/mol. The maximum atomic E-state index is 0. The minimum Gasteiger partial charge on any atom is -1.00 e. The molecular formula is F4LuNa. The van der Waals surface area contributed by atoms with Gasteiger partial charge in [-0.15, -0.1) is 0 Å². The molecule has 0 radical (unpaired) electrons. The predicted molar refractivity (Wildman–Crippen MR) is 0 cm³/mol. The van der Waals surface area contributed by atoms with Gasteiger partial charge in [0.15, 0.2) is 0 Å². The summed E-state index contributed by atoms with van der Waals surface area (Å²) in [5.41, 5.74) is 0. The minimum atomic E-state index is 0. The first-order chi connectivity index (χ1) is 0. The van der Waals surface area contributed by atoms with Gasteiger partial charge in [0.2, 0.25) is 0 Å². The van der Waals surface area contributed by atoms with Gasteiger partial charge in [-0.2, -0.15) is 0 Å². The molecule has 0 nitrogen and oxygen atoms in total. The first-order valence-electron chi connectivity index (χ1n) is 0. The molecule has 0 aromatic carbocycles. The van der Waals surface area contributed by atoms with E-state index in [1.54, 1.807) is 0 Å². The molecule has 0 atom stereocenters. The van der Waals surface area contributed by atoms with Crippen molar-refractivity contribution in [2.75, 3.05) is 0 Å². The van der Waals surface area contributed by atoms with Crippen LogP contribution in [-0.4, -0.2) is 0 Å². The van der Waals surface area contributed by atoms with Crippen LogP contribution in [0, 0.1) is 36.9 Å². The second-order valence-electron chi connectivity index (χ2n) is 0. The smallest absolute Gasteiger partial charge is 1.00 e. The maximum absolute atomic E-state index is 0. The average Bonchev–Trinajstić information content (AvgIpc) is 0. The molecule has 0 heterocycles. The third-order valence-corrected chi connectivity index (χ3v) is 0. The summed E-state index contributed by atoms with van der Waals surface area (Å²) in [5, 5.41) is 0. The Labute approximate surface area is 84.0 Å². The van der Waals surface area contributed by atoms with E-state index < -0.39 is 0 Å². The van der Waals surface area contributed by atoms with Gasteiger partial charge in [-0.1, -0.05) is 0 Å². The minimum absolute atomic E-state index is 0. The summed E-state index contributed by atoms with van der Waals surface area (Å²) >= 11 is 0. The van der Waals surface area contributed by atoms with Gasteiger partial charge in [0.25, 0.3) is 0 Å². The van der Waals surface area contributed by atoms with E-state index in [9.17, 15) is 0 Å². The van der Waals surface area contributed by atoms with Gasteiger partial charge in [0.05, 0.1) is 0 Å². The molecule has 0 fully saturated rings. The summed E-state index contributed by atoms with van der Waals surface area (Å²) in [5.74, 6) is 0. The topological polar surface area (TPSA) is 0 Å². The van der Waals surface area contributed by atoms with E-state index in [0.717, 1.165) is 0 Å². The van der Waals surface area contributed by atoms with Gasteiger partial charge in [-0.3, -0.25) is 0 Å². The van der Waals surface area contributed by atoms with E-state index in [1.807, 2.05) is 0 Å². The molecule has 0 N–H and O–H groups in total. The van der Waals surface area contributed by atoms with E-state index in [1.165, 1.54) is 0 Å². The Morgan fingerprint density at radius 2 is 0.500 bits per heavy atom. The summed E-state index contributed by atoms with van der Waals surface area (Å²) in [4.78, 5) is 0. The van der Waals surface area contributed by atoms with Crippen molar-refractivity contribution >= 4 is 0 Å². The zero-order valence-electron chi connectivity index (χ0n) is 2.77. The first-order valence-corrected chi connectivity index (χ1v) is 0. The zero-order chi connectivity index (χ0) is 0. The van der Waals surface area contributed by atoms with E-state index in [-0.39, 0.29) is 85.2 Å². The van der Waals surface area contributed by atoms with Crippen LogP contribution in [0.15, 0.2) is 0 Å². The van der Waals surface area contributed by atoms with Crippen molar-refractivity contribution in [2.24, 2.45) is 0 Å². The molecule has 0 aromatic heterocycles. The molecule has 0 aliphatic carbocycles. The summed E-state index contributed by atoms with van der Waals surface area (Å²) in [6, 6.07) is 0. The van der Waals surface area contributed by atoms with Crippen LogP contribution in [0.3, 0.4) is 0 Å². The van der Waals surface area contributed by atoms with Gasteiger partial charge < -0.3 is 18.8 Å². The summed E-state index contributed by atoms with van der Waals surface area (Å²) in [6.45, 7) is 0. The fourth-order valence-electron chi connectivity index (χ4n) is 0. The second kappa shape index (κ2) is 64.6. The number of hydrogen-bond donors (Lipinski definition) is 0. The van der Waals surface area contributed by atoms with Crippen LogP contribution in [-0.2, 0) is 0 Å². The van der Waals surface area contributed by atoms with Crippen molar-refractivity contribution in [1.29, 1.82) is 0 Å². The molecule has 0 saturated carbocycles. The van der Waals surface area contributed by atoms with E-state index in [2.05, 4.69) is 0 Å². The molecule has 0 spiro atoms. The van der Waals surface area contributed by atoms with E-state index >= 15 is 0 Å². The predicted octanol–water partition coefficient (Wildman–Crippen LogP) is -15.0. The normalized spacial score (nSPS) is 0. The molecule has 0 aliphatic rings. The Morgan fingerprint density at radius 3 is 0.500 bits per heavy atom. The summed E-state index contributed by atoms with van der Waals surface area (Å²) in [7, 11) is 0. The van der Waals surface area contributed by atoms with Crippen molar-refractivity contribution in [3.05, 3.63) is 0 Å². The van der Waals surface area contributed by atoms with Crippen molar-refractivity contribution in [1.82, 2.24) is 0 Å². The molecule has 6 heteroatoms. The molecule has 44 valence electrons. The number of halogens is 4.